The van der Waals surface area contributed by atoms with Gasteiger partial charge in [0, 0.05) is 12.8 Å². The zero-order valence-corrected chi connectivity index (χ0v) is 12.3. The zero-order chi connectivity index (χ0) is 15.0. The number of anilines is 1. The Morgan fingerprint density at radius 1 is 1.14 bits per heavy atom. The standard InChI is InChI=1S/C16H17N3O2/c1-16(2,20-3)15-18-14(21-19-15)12-8-10-6-4-5-7-11(10)9-13(12)17/h4-9H,17H2,1-3H3. The van der Waals surface area contributed by atoms with Crippen LogP contribution in [-0.2, 0) is 10.3 Å². The first-order valence-corrected chi connectivity index (χ1v) is 6.69. The Bertz CT molecular complexity index is 793. The van der Waals surface area contributed by atoms with Gasteiger partial charge in [-0.15, -0.1) is 0 Å². The molecule has 0 amide bonds. The Hall–Kier alpha value is -2.40. The molecule has 2 aromatic carbocycles. The summed E-state index contributed by atoms with van der Waals surface area (Å²) in [6.45, 7) is 3.76. The van der Waals surface area contributed by atoms with Crippen molar-refractivity contribution in [3.8, 4) is 11.5 Å². The van der Waals surface area contributed by atoms with E-state index in [1.807, 2.05) is 50.2 Å². The number of rotatable bonds is 3. The molecule has 0 aliphatic heterocycles. The van der Waals surface area contributed by atoms with E-state index in [0.717, 1.165) is 16.3 Å². The average molecular weight is 283 g/mol. The minimum Gasteiger partial charge on any atom is -0.398 e. The summed E-state index contributed by atoms with van der Waals surface area (Å²) >= 11 is 0. The third kappa shape index (κ3) is 2.36. The largest absolute Gasteiger partial charge is 0.398 e. The second-order valence-electron chi connectivity index (χ2n) is 5.42. The van der Waals surface area contributed by atoms with Gasteiger partial charge in [-0.25, -0.2) is 0 Å². The van der Waals surface area contributed by atoms with E-state index in [9.17, 15) is 0 Å². The molecule has 0 saturated heterocycles. The van der Waals surface area contributed by atoms with E-state index in [1.54, 1.807) is 7.11 Å². The molecule has 0 fully saturated rings. The first kappa shape index (κ1) is 13.6. The van der Waals surface area contributed by atoms with Crippen LogP contribution in [0.15, 0.2) is 40.9 Å². The van der Waals surface area contributed by atoms with Gasteiger partial charge in [0.25, 0.3) is 5.89 Å². The van der Waals surface area contributed by atoms with Crippen molar-refractivity contribution in [1.82, 2.24) is 10.1 Å². The van der Waals surface area contributed by atoms with E-state index in [2.05, 4.69) is 10.1 Å². The summed E-state index contributed by atoms with van der Waals surface area (Å²) in [4.78, 5) is 4.41. The first-order chi connectivity index (χ1) is 10.0. The molecular weight excluding hydrogens is 266 g/mol. The number of aromatic nitrogens is 2. The van der Waals surface area contributed by atoms with Gasteiger partial charge in [-0.2, -0.15) is 4.98 Å². The van der Waals surface area contributed by atoms with Gasteiger partial charge in [-0.1, -0.05) is 29.4 Å². The molecule has 1 heterocycles. The van der Waals surface area contributed by atoms with Gasteiger partial charge in [0.05, 0.1) is 5.56 Å². The van der Waals surface area contributed by atoms with Crippen LogP contribution in [0.5, 0.6) is 0 Å². The lowest BCUT2D eigenvalue weighted by molar-refractivity contribution is 0.00973. The third-order valence-corrected chi connectivity index (χ3v) is 3.62. The van der Waals surface area contributed by atoms with Crippen molar-refractivity contribution in [3.05, 3.63) is 42.2 Å². The molecule has 5 nitrogen and oxygen atoms in total. The molecule has 0 spiro atoms. The molecule has 0 bridgehead atoms. The second-order valence-corrected chi connectivity index (χ2v) is 5.42. The number of nitrogens with two attached hydrogens (primary N) is 1. The summed E-state index contributed by atoms with van der Waals surface area (Å²) in [5.74, 6) is 0.894. The van der Waals surface area contributed by atoms with Gasteiger partial charge in [-0.3, -0.25) is 0 Å². The summed E-state index contributed by atoms with van der Waals surface area (Å²) in [5.41, 5.74) is 6.85. The lowest BCUT2D eigenvalue weighted by Crippen LogP contribution is -2.21. The first-order valence-electron chi connectivity index (χ1n) is 6.69. The Kier molecular flexibility index (Phi) is 3.14. The van der Waals surface area contributed by atoms with Gasteiger partial charge < -0.3 is 15.0 Å². The topological polar surface area (TPSA) is 74.2 Å². The number of hydrogen-bond acceptors (Lipinski definition) is 5. The third-order valence-electron chi connectivity index (χ3n) is 3.62. The van der Waals surface area contributed by atoms with Gasteiger partial charge in [0.1, 0.15) is 5.60 Å². The molecule has 1 aromatic heterocycles. The van der Waals surface area contributed by atoms with Crippen LogP contribution in [0.3, 0.4) is 0 Å². The second kappa shape index (κ2) is 4.86. The highest BCUT2D eigenvalue weighted by atomic mass is 16.5. The summed E-state index contributed by atoms with van der Waals surface area (Å²) < 4.78 is 10.7. The number of nitrogen functional groups attached to an aromatic ring is 1. The highest BCUT2D eigenvalue weighted by Gasteiger charge is 2.27. The predicted molar refractivity (Wildman–Crippen MR) is 81.7 cm³/mol. The Labute approximate surface area is 122 Å². The van der Waals surface area contributed by atoms with Crippen LogP contribution >= 0.6 is 0 Å². The van der Waals surface area contributed by atoms with Crippen molar-refractivity contribution in [2.24, 2.45) is 0 Å². The van der Waals surface area contributed by atoms with Crippen molar-refractivity contribution in [2.75, 3.05) is 12.8 Å². The monoisotopic (exact) mass is 283 g/mol. The van der Waals surface area contributed by atoms with Crippen LogP contribution in [0.2, 0.25) is 0 Å². The van der Waals surface area contributed by atoms with Crippen LogP contribution < -0.4 is 5.73 Å². The molecule has 5 heteroatoms. The van der Waals surface area contributed by atoms with Crippen LogP contribution in [0.4, 0.5) is 5.69 Å². The highest BCUT2D eigenvalue weighted by Crippen LogP contribution is 2.31. The van der Waals surface area contributed by atoms with Crippen molar-refractivity contribution < 1.29 is 9.26 Å². The lowest BCUT2D eigenvalue weighted by atomic mass is 10.0. The molecule has 108 valence electrons. The van der Waals surface area contributed by atoms with E-state index >= 15 is 0 Å². The summed E-state index contributed by atoms with van der Waals surface area (Å²) in [7, 11) is 1.61. The van der Waals surface area contributed by atoms with Gasteiger partial charge in [0.2, 0.25) is 5.82 Å². The number of hydrogen-bond donors (Lipinski definition) is 1. The SMILES string of the molecule is COC(C)(C)c1noc(-c2cc3ccccc3cc2N)n1. The molecule has 0 aliphatic rings. The minimum absolute atomic E-state index is 0.401. The molecule has 0 unspecified atom stereocenters. The smallest absolute Gasteiger partial charge is 0.260 e. The molecule has 0 aliphatic carbocycles. The van der Waals surface area contributed by atoms with Crippen molar-refractivity contribution in [1.29, 1.82) is 0 Å². The van der Waals surface area contributed by atoms with E-state index in [4.69, 9.17) is 15.0 Å². The number of ether oxygens (including phenoxy) is 1. The van der Waals surface area contributed by atoms with E-state index in [-0.39, 0.29) is 0 Å². The van der Waals surface area contributed by atoms with E-state index < -0.39 is 5.60 Å². The summed E-state index contributed by atoms with van der Waals surface area (Å²) in [6.07, 6.45) is 0. The van der Waals surface area contributed by atoms with Gasteiger partial charge in [0.15, 0.2) is 0 Å². The minimum atomic E-state index is -0.604. The Morgan fingerprint density at radius 3 is 2.48 bits per heavy atom. The summed E-state index contributed by atoms with van der Waals surface area (Å²) in [5, 5.41) is 6.15. The molecule has 0 atom stereocenters. The molecule has 0 saturated carbocycles. The quantitative estimate of drug-likeness (QED) is 0.746. The fraction of sp³-hybridized carbons (Fsp3) is 0.250. The predicted octanol–water partition coefficient (Wildman–Crippen LogP) is 3.35. The molecule has 3 rings (SSSR count). The highest BCUT2D eigenvalue weighted by molar-refractivity contribution is 5.92. The maximum atomic E-state index is 6.11. The fourth-order valence-corrected chi connectivity index (χ4v) is 2.11. The van der Waals surface area contributed by atoms with Crippen LogP contribution in [0, 0.1) is 0 Å². The van der Waals surface area contributed by atoms with Gasteiger partial charge in [-0.05, 0) is 36.8 Å². The van der Waals surface area contributed by atoms with Crippen molar-refractivity contribution in [2.45, 2.75) is 19.4 Å². The molecule has 3 aromatic rings. The fourth-order valence-electron chi connectivity index (χ4n) is 2.11. The Morgan fingerprint density at radius 2 is 1.81 bits per heavy atom. The zero-order valence-electron chi connectivity index (χ0n) is 12.3. The molecule has 0 radical (unpaired) electrons. The van der Waals surface area contributed by atoms with Gasteiger partial charge >= 0.3 is 0 Å². The maximum Gasteiger partial charge on any atom is 0.260 e. The van der Waals surface area contributed by atoms with E-state index in [1.165, 1.54) is 0 Å². The van der Waals surface area contributed by atoms with Crippen molar-refractivity contribution in [3.63, 3.8) is 0 Å². The molecule has 2 N–H and O–H groups in total. The van der Waals surface area contributed by atoms with Crippen LogP contribution in [-0.4, -0.2) is 17.3 Å². The van der Waals surface area contributed by atoms with E-state index in [0.29, 0.717) is 17.4 Å². The molecule has 21 heavy (non-hydrogen) atoms. The maximum absolute atomic E-state index is 6.11. The molecular formula is C16H17N3O2. The van der Waals surface area contributed by atoms with Crippen molar-refractivity contribution >= 4 is 16.5 Å². The number of fused-ring (bicyclic) bond motifs is 1. The Balaban J connectivity index is 2.10. The van der Waals surface area contributed by atoms with Crippen LogP contribution in [0.1, 0.15) is 19.7 Å². The number of nitrogens with zero attached hydrogens (tertiary/aromatic N) is 2. The number of benzene rings is 2. The van der Waals surface area contributed by atoms with Crippen LogP contribution in [0.25, 0.3) is 22.2 Å². The normalized spacial score (nSPS) is 12.0. The number of methoxy groups -OCH3 is 1. The summed E-state index contributed by atoms with van der Waals surface area (Å²) in [6, 6.07) is 11.9. The average Bonchev–Trinajstić information content (AvgIpc) is 2.97. The lowest BCUT2D eigenvalue weighted by Gasteiger charge is -2.17.